The third-order valence-corrected chi connectivity index (χ3v) is 3.15. The molecule has 0 aliphatic rings. The molecule has 0 aliphatic carbocycles. The van der Waals surface area contributed by atoms with Crippen molar-refractivity contribution in [3.8, 4) is 0 Å². The van der Waals surface area contributed by atoms with Gasteiger partial charge in [-0.2, -0.15) is 11.3 Å². The molecule has 0 unspecified atom stereocenters. The minimum absolute atomic E-state index is 0.0992. The maximum atomic E-state index is 14.0. The predicted octanol–water partition coefficient (Wildman–Crippen LogP) is 2.59. The van der Waals surface area contributed by atoms with E-state index >= 15 is 0 Å². The molecule has 1 heterocycles. The number of hydrogen-bond donors (Lipinski definition) is 3. The molecule has 0 aliphatic heterocycles. The summed E-state index contributed by atoms with van der Waals surface area (Å²) < 4.78 is 14.0. The van der Waals surface area contributed by atoms with Gasteiger partial charge in [-0.15, -0.1) is 0 Å². The average molecular weight is 265 g/mol. The number of benzene rings is 1. The molecule has 0 saturated carbocycles. The summed E-state index contributed by atoms with van der Waals surface area (Å²) in [5.41, 5.74) is 6.90. The highest BCUT2D eigenvalue weighted by Crippen LogP contribution is 2.17. The number of oxime groups is 1. The number of hydrogen-bond acceptors (Lipinski definition) is 4. The van der Waals surface area contributed by atoms with Crippen LogP contribution in [0.3, 0.4) is 0 Å². The van der Waals surface area contributed by atoms with Crippen LogP contribution < -0.4 is 11.1 Å². The molecule has 94 valence electrons. The fraction of sp³-hybridized carbons (Fsp3) is 0.0833. The normalized spacial score (nSPS) is 11.5. The first-order valence-corrected chi connectivity index (χ1v) is 6.18. The van der Waals surface area contributed by atoms with Gasteiger partial charge in [0.05, 0.1) is 5.56 Å². The van der Waals surface area contributed by atoms with E-state index in [0.717, 1.165) is 5.69 Å². The number of nitrogens with zero attached hydrogens (tertiary/aromatic N) is 1. The topological polar surface area (TPSA) is 70.6 Å². The number of anilines is 1. The van der Waals surface area contributed by atoms with E-state index in [1.54, 1.807) is 23.5 Å². The van der Waals surface area contributed by atoms with Gasteiger partial charge in [-0.3, -0.25) is 0 Å². The van der Waals surface area contributed by atoms with Crippen molar-refractivity contribution in [1.29, 1.82) is 0 Å². The molecule has 4 nitrogen and oxygen atoms in total. The maximum Gasteiger partial charge on any atom is 0.173 e. The van der Waals surface area contributed by atoms with Crippen LogP contribution in [0.5, 0.6) is 0 Å². The first kappa shape index (κ1) is 12.4. The quantitative estimate of drug-likeness (QED) is 0.344. The second-order valence-corrected chi connectivity index (χ2v) is 4.41. The van der Waals surface area contributed by atoms with Gasteiger partial charge in [-0.05, 0) is 17.5 Å². The van der Waals surface area contributed by atoms with Crippen molar-refractivity contribution in [1.82, 2.24) is 0 Å². The molecule has 4 N–H and O–H groups in total. The second-order valence-electron chi connectivity index (χ2n) is 3.63. The fourth-order valence-electron chi connectivity index (χ4n) is 1.53. The molecule has 0 bridgehead atoms. The zero-order chi connectivity index (χ0) is 13.0. The summed E-state index contributed by atoms with van der Waals surface area (Å²) in [6.07, 6.45) is 0. The highest BCUT2D eigenvalue weighted by atomic mass is 32.1. The summed E-state index contributed by atoms with van der Waals surface area (Å²) in [6.45, 7) is 0.342. The first-order valence-electron chi connectivity index (χ1n) is 5.23. The molecule has 2 rings (SSSR count). The van der Waals surface area contributed by atoms with E-state index in [9.17, 15) is 4.39 Å². The van der Waals surface area contributed by atoms with Gasteiger partial charge in [0.25, 0.3) is 0 Å². The molecule has 1 aromatic carbocycles. The highest BCUT2D eigenvalue weighted by molar-refractivity contribution is 7.08. The lowest BCUT2D eigenvalue weighted by Gasteiger charge is -2.08. The lowest BCUT2D eigenvalue weighted by molar-refractivity contribution is 0.318. The van der Waals surface area contributed by atoms with Gasteiger partial charge in [0.2, 0.25) is 0 Å². The van der Waals surface area contributed by atoms with Gasteiger partial charge >= 0.3 is 0 Å². The zero-order valence-corrected chi connectivity index (χ0v) is 10.2. The SMILES string of the molecule is N/C(=N/O)c1cccc(CNc2ccsc2)c1F. The summed E-state index contributed by atoms with van der Waals surface area (Å²) in [5, 5.41) is 18.3. The summed E-state index contributed by atoms with van der Waals surface area (Å²) in [5.74, 6) is -0.708. The Morgan fingerprint density at radius 3 is 2.94 bits per heavy atom. The summed E-state index contributed by atoms with van der Waals surface area (Å²) in [7, 11) is 0. The Balaban J connectivity index is 2.18. The Morgan fingerprint density at radius 1 is 1.44 bits per heavy atom. The molecule has 0 spiro atoms. The number of thiophene rings is 1. The van der Waals surface area contributed by atoms with Gasteiger partial charge in [0.15, 0.2) is 5.84 Å². The molecule has 0 atom stereocenters. The zero-order valence-electron chi connectivity index (χ0n) is 9.43. The van der Waals surface area contributed by atoms with Crippen molar-refractivity contribution in [3.63, 3.8) is 0 Å². The van der Waals surface area contributed by atoms with Gasteiger partial charge in [0, 0.05) is 23.2 Å². The maximum absolute atomic E-state index is 14.0. The van der Waals surface area contributed by atoms with Crippen LogP contribution in [0.25, 0.3) is 0 Å². The van der Waals surface area contributed by atoms with Crippen LogP contribution in [0.15, 0.2) is 40.2 Å². The number of nitrogens with two attached hydrogens (primary N) is 1. The third-order valence-electron chi connectivity index (χ3n) is 2.47. The molecule has 2 aromatic rings. The Bertz CT molecular complexity index is 554. The predicted molar refractivity (Wildman–Crippen MR) is 70.6 cm³/mol. The van der Waals surface area contributed by atoms with Crippen LogP contribution in [-0.2, 0) is 6.54 Å². The third kappa shape index (κ3) is 2.60. The molecule has 18 heavy (non-hydrogen) atoms. The molecular formula is C12H12FN3OS. The largest absolute Gasteiger partial charge is 0.409 e. The van der Waals surface area contributed by atoms with Crippen molar-refractivity contribution in [3.05, 3.63) is 52.0 Å². The van der Waals surface area contributed by atoms with E-state index < -0.39 is 5.82 Å². The van der Waals surface area contributed by atoms with E-state index in [4.69, 9.17) is 10.9 Å². The molecular weight excluding hydrogens is 253 g/mol. The van der Waals surface area contributed by atoms with Crippen molar-refractivity contribution < 1.29 is 9.60 Å². The summed E-state index contributed by atoms with van der Waals surface area (Å²) in [4.78, 5) is 0. The minimum atomic E-state index is -0.476. The smallest absolute Gasteiger partial charge is 0.173 e. The van der Waals surface area contributed by atoms with Gasteiger partial charge < -0.3 is 16.3 Å². The molecule has 1 aromatic heterocycles. The second kappa shape index (κ2) is 5.50. The first-order chi connectivity index (χ1) is 8.72. The monoisotopic (exact) mass is 265 g/mol. The number of halogens is 1. The molecule has 6 heteroatoms. The van der Waals surface area contributed by atoms with Crippen LogP contribution in [0.1, 0.15) is 11.1 Å². The van der Waals surface area contributed by atoms with E-state index in [-0.39, 0.29) is 11.4 Å². The van der Waals surface area contributed by atoms with Crippen LogP contribution in [-0.4, -0.2) is 11.0 Å². The lowest BCUT2D eigenvalue weighted by Crippen LogP contribution is -2.16. The van der Waals surface area contributed by atoms with Gasteiger partial charge in [0.1, 0.15) is 5.82 Å². The van der Waals surface area contributed by atoms with Crippen molar-refractivity contribution in [2.24, 2.45) is 10.9 Å². The Kier molecular flexibility index (Phi) is 3.78. The van der Waals surface area contributed by atoms with E-state index in [0.29, 0.717) is 12.1 Å². The summed E-state index contributed by atoms with van der Waals surface area (Å²) >= 11 is 1.56. The van der Waals surface area contributed by atoms with Crippen LogP contribution in [0.2, 0.25) is 0 Å². The lowest BCUT2D eigenvalue weighted by atomic mass is 10.1. The van der Waals surface area contributed by atoms with E-state index in [1.165, 1.54) is 6.07 Å². The van der Waals surface area contributed by atoms with Crippen molar-refractivity contribution in [2.75, 3.05) is 5.32 Å². The molecule has 0 saturated heterocycles. The van der Waals surface area contributed by atoms with Crippen LogP contribution in [0.4, 0.5) is 10.1 Å². The number of amidine groups is 1. The number of rotatable bonds is 4. The fourth-order valence-corrected chi connectivity index (χ4v) is 2.14. The Labute approximate surface area is 108 Å². The number of nitrogens with one attached hydrogen (secondary N) is 1. The average Bonchev–Trinajstić information content (AvgIpc) is 2.90. The van der Waals surface area contributed by atoms with E-state index in [1.807, 2.05) is 16.8 Å². The molecule has 0 amide bonds. The van der Waals surface area contributed by atoms with Crippen molar-refractivity contribution in [2.45, 2.75) is 6.54 Å². The standard InChI is InChI=1S/C12H12FN3OS/c13-11-8(6-15-9-4-5-18-7-9)2-1-3-10(11)12(14)16-17/h1-5,7,15,17H,6H2,(H2,14,16). The molecule has 0 radical (unpaired) electrons. The van der Waals surface area contributed by atoms with Gasteiger partial charge in [-0.1, -0.05) is 17.3 Å². The van der Waals surface area contributed by atoms with Crippen LogP contribution in [0, 0.1) is 5.82 Å². The Hall–Kier alpha value is -2.08. The van der Waals surface area contributed by atoms with Crippen LogP contribution >= 0.6 is 11.3 Å². The highest BCUT2D eigenvalue weighted by Gasteiger charge is 2.11. The summed E-state index contributed by atoms with van der Waals surface area (Å²) in [6, 6.07) is 6.71. The minimum Gasteiger partial charge on any atom is -0.409 e. The van der Waals surface area contributed by atoms with E-state index in [2.05, 4.69) is 10.5 Å². The Morgan fingerprint density at radius 2 is 2.28 bits per heavy atom. The molecule has 0 fully saturated rings. The van der Waals surface area contributed by atoms with Crippen molar-refractivity contribution >= 4 is 22.9 Å². The van der Waals surface area contributed by atoms with Gasteiger partial charge in [-0.25, -0.2) is 4.39 Å².